The van der Waals surface area contributed by atoms with Crippen molar-refractivity contribution in [2.24, 2.45) is 0 Å². The average molecular weight is 420 g/mol. The van der Waals surface area contributed by atoms with E-state index in [0.717, 1.165) is 10.4 Å². The summed E-state index contributed by atoms with van der Waals surface area (Å²) >= 11 is 1.41. The molecule has 7 heteroatoms. The molecule has 1 aliphatic rings. The molecule has 1 aliphatic heterocycles. The standard InChI is InChI=1S/C23H20N2O4S/c1-14-6-4-7-15(12-14)25-22(26)20(19-8-5-11-30-19)21(23(25)27)24-17-10-9-16(28-2)13-18(17)29-3/h4-13,24H,1-3H3. The molecule has 1 aromatic heterocycles. The van der Waals surface area contributed by atoms with Crippen molar-refractivity contribution >= 4 is 40.1 Å². The van der Waals surface area contributed by atoms with Crippen molar-refractivity contribution in [3.8, 4) is 11.5 Å². The lowest BCUT2D eigenvalue weighted by Crippen LogP contribution is -2.32. The molecule has 0 saturated carbocycles. The van der Waals surface area contributed by atoms with E-state index in [9.17, 15) is 9.59 Å². The Balaban J connectivity index is 1.80. The molecular weight excluding hydrogens is 400 g/mol. The van der Waals surface area contributed by atoms with Gasteiger partial charge in [-0.3, -0.25) is 9.59 Å². The lowest BCUT2D eigenvalue weighted by atomic mass is 10.1. The number of rotatable bonds is 6. The number of carbonyl (C=O) groups excluding carboxylic acids is 2. The lowest BCUT2D eigenvalue weighted by Gasteiger charge is -2.16. The molecule has 0 saturated heterocycles. The summed E-state index contributed by atoms with van der Waals surface area (Å²) in [4.78, 5) is 28.7. The molecular formula is C23H20N2O4S. The van der Waals surface area contributed by atoms with Gasteiger partial charge in [-0.1, -0.05) is 18.2 Å². The van der Waals surface area contributed by atoms with E-state index in [1.165, 1.54) is 23.3 Å². The molecule has 2 heterocycles. The quantitative estimate of drug-likeness (QED) is 0.596. The Kier molecular flexibility index (Phi) is 5.29. The number of nitrogens with zero attached hydrogens (tertiary/aromatic N) is 1. The molecule has 0 radical (unpaired) electrons. The summed E-state index contributed by atoms with van der Waals surface area (Å²) in [6.07, 6.45) is 0. The highest BCUT2D eigenvalue weighted by atomic mass is 32.1. The number of imide groups is 1. The number of aryl methyl sites for hydroxylation is 1. The smallest absolute Gasteiger partial charge is 0.282 e. The summed E-state index contributed by atoms with van der Waals surface area (Å²) in [7, 11) is 3.10. The van der Waals surface area contributed by atoms with Crippen LogP contribution in [0.4, 0.5) is 11.4 Å². The Labute approximate surface area is 178 Å². The summed E-state index contributed by atoms with van der Waals surface area (Å²) in [5.41, 5.74) is 2.62. The molecule has 152 valence electrons. The number of carbonyl (C=O) groups is 2. The van der Waals surface area contributed by atoms with Gasteiger partial charge in [0, 0.05) is 10.9 Å². The van der Waals surface area contributed by atoms with Gasteiger partial charge < -0.3 is 14.8 Å². The van der Waals surface area contributed by atoms with Crippen LogP contribution in [0.15, 0.2) is 65.7 Å². The van der Waals surface area contributed by atoms with E-state index in [1.807, 2.05) is 42.6 Å². The second-order valence-corrected chi connectivity index (χ2v) is 7.65. The maximum Gasteiger partial charge on any atom is 0.282 e. The Hall–Kier alpha value is -3.58. The monoisotopic (exact) mass is 420 g/mol. The van der Waals surface area contributed by atoms with Gasteiger partial charge in [0.25, 0.3) is 11.8 Å². The minimum absolute atomic E-state index is 0.215. The van der Waals surface area contributed by atoms with Crippen molar-refractivity contribution in [1.82, 2.24) is 0 Å². The van der Waals surface area contributed by atoms with E-state index >= 15 is 0 Å². The first-order valence-corrected chi connectivity index (χ1v) is 10.1. The number of benzene rings is 2. The minimum Gasteiger partial charge on any atom is -0.497 e. The fourth-order valence-electron chi connectivity index (χ4n) is 3.33. The molecule has 0 atom stereocenters. The van der Waals surface area contributed by atoms with Gasteiger partial charge >= 0.3 is 0 Å². The van der Waals surface area contributed by atoms with Crippen molar-refractivity contribution in [2.75, 3.05) is 24.4 Å². The van der Waals surface area contributed by atoms with Gasteiger partial charge in [-0.2, -0.15) is 0 Å². The molecule has 0 unspecified atom stereocenters. The van der Waals surface area contributed by atoms with Gasteiger partial charge in [0.2, 0.25) is 0 Å². The summed E-state index contributed by atoms with van der Waals surface area (Å²) in [5, 5.41) is 5.01. The third-order valence-corrected chi connectivity index (χ3v) is 5.67. The van der Waals surface area contributed by atoms with Crippen LogP contribution >= 0.6 is 11.3 Å². The zero-order chi connectivity index (χ0) is 21.3. The number of amides is 2. The van der Waals surface area contributed by atoms with Crippen LogP contribution in [0, 0.1) is 6.92 Å². The number of hydrogen-bond acceptors (Lipinski definition) is 6. The molecule has 0 fully saturated rings. The topological polar surface area (TPSA) is 67.9 Å². The van der Waals surface area contributed by atoms with Gasteiger partial charge in [-0.25, -0.2) is 4.90 Å². The number of thiophene rings is 1. The third-order valence-electron chi connectivity index (χ3n) is 4.78. The zero-order valence-electron chi connectivity index (χ0n) is 16.8. The normalized spacial score (nSPS) is 13.8. The number of hydrogen-bond donors (Lipinski definition) is 1. The molecule has 30 heavy (non-hydrogen) atoms. The molecule has 0 aliphatic carbocycles. The fourth-order valence-corrected chi connectivity index (χ4v) is 4.10. The van der Waals surface area contributed by atoms with Gasteiger partial charge in [-0.15, -0.1) is 11.3 Å². The maximum absolute atomic E-state index is 13.4. The minimum atomic E-state index is -0.410. The van der Waals surface area contributed by atoms with Crippen LogP contribution in [-0.4, -0.2) is 26.0 Å². The molecule has 2 aromatic carbocycles. The van der Waals surface area contributed by atoms with Crippen LogP contribution in [0.25, 0.3) is 5.57 Å². The van der Waals surface area contributed by atoms with E-state index in [0.29, 0.717) is 28.4 Å². The lowest BCUT2D eigenvalue weighted by molar-refractivity contribution is -0.120. The number of ether oxygens (including phenoxy) is 2. The van der Waals surface area contributed by atoms with E-state index in [2.05, 4.69) is 5.32 Å². The first kappa shape index (κ1) is 19.7. The highest BCUT2D eigenvalue weighted by molar-refractivity contribution is 7.11. The Morgan fingerprint density at radius 1 is 0.933 bits per heavy atom. The van der Waals surface area contributed by atoms with Crippen molar-refractivity contribution < 1.29 is 19.1 Å². The SMILES string of the molecule is COc1ccc(NC2=C(c3cccs3)C(=O)N(c3cccc(C)c3)C2=O)c(OC)c1. The fraction of sp³-hybridized carbons (Fsp3) is 0.130. The predicted octanol–water partition coefficient (Wildman–Crippen LogP) is 4.47. The van der Waals surface area contributed by atoms with Crippen LogP contribution in [0.1, 0.15) is 10.4 Å². The highest BCUT2D eigenvalue weighted by Gasteiger charge is 2.41. The number of nitrogens with one attached hydrogen (secondary N) is 1. The first-order chi connectivity index (χ1) is 14.5. The Morgan fingerprint density at radius 3 is 2.43 bits per heavy atom. The number of anilines is 2. The Bertz CT molecular complexity index is 1150. The van der Waals surface area contributed by atoms with Crippen LogP contribution in [0.3, 0.4) is 0 Å². The molecule has 1 N–H and O–H groups in total. The Morgan fingerprint density at radius 2 is 1.77 bits per heavy atom. The summed E-state index contributed by atoms with van der Waals surface area (Å²) in [5.74, 6) is 0.358. The van der Waals surface area contributed by atoms with Crippen LogP contribution in [-0.2, 0) is 9.59 Å². The average Bonchev–Trinajstić information content (AvgIpc) is 3.35. The van der Waals surface area contributed by atoms with Gasteiger partial charge in [0.1, 0.15) is 17.2 Å². The summed E-state index contributed by atoms with van der Waals surface area (Å²) < 4.78 is 10.7. The third kappa shape index (κ3) is 3.44. The van der Waals surface area contributed by atoms with E-state index in [4.69, 9.17) is 9.47 Å². The first-order valence-electron chi connectivity index (χ1n) is 9.26. The van der Waals surface area contributed by atoms with Crippen molar-refractivity contribution in [1.29, 1.82) is 0 Å². The second kappa shape index (κ2) is 8.04. The zero-order valence-corrected chi connectivity index (χ0v) is 17.6. The molecule has 4 rings (SSSR count). The summed E-state index contributed by atoms with van der Waals surface area (Å²) in [6.45, 7) is 1.92. The molecule has 6 nitrogen and oxygen atoms in total. The van der Waals surface area contributed by atoms with E-state index in [-0.39, 0.29) is 11.6 Å². The van der Waals surface area contributed by atoms with E-state index in [1.54, 1.807) is 31.4 Å². The van der Waals surface area contributed by atoms with Crippen LogP contribution in [0.5, 0.6) is 11.5 Å². The largest absolute Gasteiger partial charge is 0.497 e. The van der Waals surface area contributed by atoms with Crippen LogP contribution in [0.2, 0.25) is 0 Å². The van der Waals surface area contributed by atoms with Gasteiger partial charge in [-0.05, 0) is 48.2 Å². The van der Waals surface area contributed by atoms with Gasteiger partial charge in [0.05, 0.1) is 31.2 Å². The van der Waals surface area contributed by atoms with Crippen molar-refractivity contribution in [3.05, 3.63) is 76.1 Å². The van der Waals surface area contributed by atoms with E-state index < -0.39 is 5.91 Å². The highest BCUT2D eigenvalue weighted by Crippen LogP contribution is 2.38. The molecule has 0 spiro atoms. The predicted molar refractivity (Wildman–Crippen MR) is 118 cm³/mol. The summed E-state index contributed by atoms with van der Waals surface area (Å²) in [6, 6.07) is 16.2. The second-order valence-electron chi connectivity index (χ2n) is 6.70. The number of methoxy groups -OCH3 is 2. The van der Waals surface area contributed by atoms with Crippen molar-refractivity contribution in [2.45, 2.75) is 6.92 Å². The molecule has 3 aromatic rings. The molecule has 0 bridgehead atoms. The van der Waals surface area contributed by atoms with Gasteiger partial charge in [0.15, 0.2) is 0 Å². The maximum atomic E-state index is 13.4. The molecule has 2 amide bonds. The van der Waals surface area contributed by atoms with Crippen LogP contribution < -0.4 is 19.7 Å². The van der Waals surface area contributed by atoms with Crippen molar-refractivity contribution in [3.63, 3.8) is 0 Å².